The molecule has 2 N–H and O–H groups in total. The van der Waals surface area contributed by atoms with E-state index in [9.17, 15) is 9.59 Å². The highest BCUT2D eigenvalue weighted by atomic mass is 16.2. The summed E-state index contributed by atoms with van der Waals surface area (Å²) >= 11 is 0. The summed E-state index contributed by atoms with van der Waals surface area (Å²) in [6.07, 6.45) is 5.27. The molecule has 2 fully saturated rings. The van der Waals surface area contributed by atoms with E-state index in [2.05, 4.69) is 24.2 Å². The van der Waals surface area contributed by atoms with Crippen LogP contribution in [-0.4, -0.2) is 68.8 Å². The van der Waals surface area contributed by atoms with Crippen molar-refractivity contribution in [2.75, 3.05) is 26.2 Å². The smallest absolute Gasteiger partial charge is 0.276 e. The van der Waals surface area contributed by atoms with E-state index in [1.165, 1.54) is 12.8 Å². The van der Waals surface area contributed by atoms with Gasteiger partial charge in [0, 0.05) is 32.6 Å². The summed E-state index contributed by atoms with van der Waals surface area (Å²) in [4.78, 5) is 29.4. The zero-order valence-electron chi connectivity index (χ0n) is 15.8. The lowest BCUT2D eigenvalue weighted by Gasteiger charge is -2.34. The number of nitrogens with two attached hydrogens (primary N) is 1. The fourth-order valence-electron chi connectivity index (χ4n) is 3.47. The Morgan fingerprint density at radius 1 is 1.38 bits per heavy atom. The number of nitrogens with zero attached hydrogens (tertiary/aromatic N) is 5. The summed E-state index contributed by atoms with van der Waals surface area (Å²) in [5, 5.41) is 8.03. The molecule has 0 bridgehead atoms. The molecule has 1 atom stereocenters. The van der Waals surface area contributed by atoms with Crippen LogP contribution in [0.25, 0.3) is 0 Å². The molecular weight excluding hydrogens is 332 g/mol. The Morgan fingerprint density at radius 3 is 2.81 bits per heavy atom. The molecular formula is C18H30N6O2. The van der Waals surface area contributed by atoms with Crippen molar-refractivity contribution in [3.05, 3.63) is 11.9 Å². The lowest BCUT2D eigenvalue weighted by atomic mass is 10.0. The summed E-state index contributed by atoms with van der Waals surface area (Å²) in [5.41, 5.74) is 5.85. The Morgan fingerprint density at radius 2 is 2.15 bits per heavy atom. The van der Waals surface area contributed by atoms with Crippen LogP contribution in [0.4, 0.5) is 0 Å². The molecule has 2 heterocycles. The predicted octanol–water partition coefficient (Wildman–Crippen LogP) is 0.736. The summed E-state index contributed by atoms with van der Waals surface area (Å²) in [6.45, 7) is 7.30. The Labute approximate surface area is 154 Å². The molecule has 26 heavy (non-hydrogen) atoms. The predicted molar refractivity (Wildman–Crippen MR) is 97.3 cm³/mol. The van der Waals surface area contributed by atoms with Crippen molar-refractivity contribution in [3.8, 4) is 0 Å². The number of carbonyl (C=O) groups is 2. The molecule has 0 radical (unpaired) electrons. The quantitative estimate of drug-likeness (QED) is 0.771. The number of carbonyl (C=O) groups excluding carboxylic acids is 2. The van der Waals surface area contributed by atoms with E-state index >= 15 is 0 Å². The second-order valence-electron chi connectivity index (χ2n) is 7.81. The fraction of sp³-hybridized carbons (Fsp3) is 0.778. The third-order valence-corrected chi connectivity index (χ3v) is 5.28. The minimum atomic E-state index is -0.143. The van der Waals surface area contributed by atoms with Crippen LogP contribution >= 0.6 is 0 Å². The number of amides is 2. The SMILES string of the molecule is CC(C)[C@@H]1CN(C(=O)c2cn(CCCN)nn2)CCC(=O)N1CC1CC1. The highest BCUT2D eigenvalue weighted by molar-refractivity contribution is 5.92. The average molecular weight is 362 g/mol. The van der Waals surface area contributed by atoms with E-state index in [1.807, 2.05) is 4.90 Å². The van der Waals surface area contributed by atoms with Gasteiger partial charge in [0.15, 0.2) is 5.69 Å². The van der Waals surface area contributed by atoms with Crippen molar-refractivity contribution >= 4 is 11.8 Å². The van der Waals surface area contributed by atoms with E-state index in [4.69, 9.17) is 5.73 Å². The topological polar surface area (TPSA) is 97.4 Å². The van der Waals surface area contributed by atoms with Crippen LogP contribution in [0.15, 0.2) is 6.20 Å². The molecule has 3 rings (SSSR count). The standard InChI is InChI=1S/C18H30N6O2/c1-13(2)16-12-22(9-6-17(25)24(16)10-14-4-5-14)18(26)15-11-23(21-20-15)8-3-7-19/h11,13-14,16H,3-10,12,19H2,1-2H3/t16-/m0/s1. The molecule has 2 amide bonds. The third kappa shape index (κ3) is 4.41. The minimum Gasteiger partial charge on any atom is -0.337 e. The minimum absolute atomic E-state index is 0.0573. The molecule has 1 saturated carbocycles. The molecule has 2 aliphatic rings. The van der Waals surface area contributed by atoms with Gasteiger partial charge >= 0.3 is 0 Å². The first-order chi connectivity index (χ1) is 12.5. The van der Waals surface area contributed by atoms with Crippen LogP contribution < -0.4 is 5.73 Å². The normalized spacial score (nSPS) is 21.4. The van der Waals surface area contributed by atoms with Crippen LogP contribution in [0.5, 0.6) is 0 Å². The van der Waals surface area contributed by atoms with Gasteiger partial charge in [0.2, 0.25) is 5.91 Å². The van der Waals surface area contributed by atoms with Crippen molar-refractivity contribution in [3.63, 3.8) is 0 Å². The van der Waals surface area contributed by atoms with Gasteiger partial charge in [-0.1, -0.05) is 19.1 Å². The molecule has 0 spiro atoms. The Hall–Kier alpha value is -1.96. The maximum absolute atomic E-state index is 12.9. The van der Waals surface area contributed by atoms with Gasteiger partial charge in [-0.05, 0) is 37.6 Å². The molecule has 0 unspecified atom stereocenters. The van der Waals surface area contributed by atoms with Crippen LogP contribution in [0.1, 0.15) is 50.0 Å². The summed E-state index contributed by atoms with van der Waals surface area (Å²) in [5.74, 6) is 0.962. The Kier molecular flexibility index (Phi) is 5.90. The van der Waals surface area contributed by atoms with E-state index in [0.29, 0.717) is 50.1 Å². The maximum atomic E-state index is 12.9. The Balaban J connectivity index is 1.71. The van der Waals surface area contributed by atoms with Crippen LogP contribution in [0.2, 0.25) is 0 Å². The fourth-order valence-corrected chi connectivity index (χ4v) is 3.47. The zero-order chi connectivity index (χ0) is 18.7. The first kappa shape index (κ1) is 18.8. The average Bonchev–Trinajstić information content (AvgIpc) is 3.35. The van der Waals surface area contributed by atoms with E-state index in [1.54, 1.807) is 15.8 Å². The lowest BCUT2D eigenvalue weighted by Crippen LogP contribution is -2.48. The summed E-state index contributed by atoms with van der Waals surface area (Å²) in [6, 6.07) is 0.0573. The van der Waals surface area contributed by atoms with E-state index in [0.717, 1.165) is 13.0 Å². The molecule has 8 nitrogen and oxygen atoms in total. The molecule has 1 aromatic heterocycles. The molecule has 1 saturated heterocycles. The van der Waals surface area contributed by atoms with Gasteiger partial charge in [0.1, 0.15) is 0 Å². The van der Waals surface area contributed by atoms with Crippen molar-refractivity contribution < 1.29 is 9.59 Å². The van der Waals surface area contributed by atoms with Crippen molar-refractivity contribution in [2.45, 2.75) is 52.1 Å². The molecule has 1 aliphatic carbocycles. The molecule has 144 valence electrons. The summed E-state index contributed by atoms with van der Waals surface area (Å²) < 4.78 is 1.66. The first-order valence-corrected chi connectivity index (χ1v) is 9.68. The largest absolute Gasteiger partial charge is 0.337 e. The second kappa shape index (κ2) is 8.16. The highest BCUT2D eigenvalue weighted by Gasteiger charge is 2.37. The monoisotopic (exact) mass is 362 g/mol. The first-order valence-electron chi connectivity index (χ1n) is 9.68. The lowest BCUT2D eigenvalue weighted by molar-refractivity contribution is -0.133. The molecule has 0 aromatic carbocycles. The third-order valence-electron chi connectivity index (χ3n) is 5.28. The van der Waals surface area contributed by atoms with Crippen LogP contribution in [-0.2, 0) is 11.3 Å². The van der Waals surface area contributed by atoms with Crippen molar-refractivity contribution in [1.82, 2.24) is 24.8 Å². The van der Waals surface area contributed by atoms with Gasteiger partial charge in [-0.25, -0.2) is 0 Å². The van der Waals surface area contributed by atoms with Gasteiger partial charge in [0.05, 0.1) is 12.2 Å². The van der Waals surface area contributed by atoms with Gasteiger partial charge in [0.25, 0.3) is 5.91 Å². The number of aromatic nitrogens is 3. The van der Waals surface area contributed by atoms with Crippen molar-refractivity contribution in [2.24, 2.45) is 17.6 Å². The van der Waals surface area contributed by atoms with Crippen LogP contribution in [0, 0.1) is 11.8 Å². The Bertz CT molecular complexity index is 639. The van der Waals surface area contributed by atoms with Crippen LogP contribution in [0.3, 0.4) is 0 Å². The molecule has 8 heteroatoms. The number of aryl methyl sites for hydroxylation is 1. The second-order valence-corrected chi connectivity index (χ2v) is 7.81. The molecule has 1 aliphatic heterocycles. The van der Waals surface area contributed by atoms with E-state index in [-0.39, 0.29) is 17.9 Å². The van der Waals surface area contributed by atoms with Gasteiger partial charge in [-0.3, -0.25) is 14.3 Å². The van der Waals surface area contributed by atoms with Crippen molar-refractivity contribution in [1.29, 1.82) is 0 Å². The maximum Gasteiger partial charge on any atom is 0.276 e. The molecule has 1 aromatic rings. The van der Waals surface area contributed by atoms with Gasteiger partial charge in [-0.15, -0.1) is 5.10 Å². The van der Waals surface area contributed by atoms with E-state index < -0.39 is 0 Å². The number of rotatable bonds is 7. The highest BCUT2D eigenvalue weighted by Crippen LogP contribution is 2.32. The van der Waals surface area contributed by atoms with Gasteiger partial charge < -0.3 is 15.5 Å². The van der Waals surface area contributed by atoms with Gasteiger partial charge in [-0.2, -0.15) is 0 Å². The number of hydrogen-bond donors (Lipinski definition) is 1. The number of hydrogen-bond acceptors (Lipinski definition) is 5. The zero-order valence-corrected chi connectivity index (χ0v) is 15.8. The summed E-state index contributed by atoms with van der Waals surface area (Å²) in [7, 11) is 0.